The van der Waals surface area contributed by atoms with E-state index in [0.29, 0.717) is 0 Å². The summed E-state index contributed by atoms with van der Waals surface area (Å²) in [6.45, 7) is 2.67. The van der Waals surface area contributed by atoms with Crippen LogP contribution in [-0.4, -0.2) is 33.9 Å². The minimum atomic E-state index is -0.722. The van der Waals surface area contributed by atoms with Gasteiger partial charge in [0, 0.05) is 6.54 Å². The fraction of sp³-hybridized carbons (Fsp3) is 0.250. The van der Waals surface area contributed by atoms with Gasteiger partial charge < -0.3 is 9.30 Å². The van der Waals surface area contributed by atoms with Crippen molar-refractivity contribution in [3.05, 3.63) is 60.2 Å². The monoisotopic (exact) mass is 383 g/mol. The van der Waals surface area contributed by atoms with Crippen molar-refractivity contribution in [3.8, 4) is 0 Å². The number of fused-ring (bicyclic) bond motifs is 1. The number of hydrogen-bond donors (Lipinski definition) is 1. The fourth-order valence-corrected chi connectivity index (χ4v) is 3.55. The van der Waals surface area contributed by atoms with Crippen molar-refractivity contribution in [1.82, 2.24) is 14.9 Å². The lowest BCUT2D eigenvalue weighted by molar-refractivity contribution is -0.117. The molecule has 140 valence electrons. The quantitative estimate of drug-likeness (QED) is 0.631. The zero-order valence-corrected chi connectivity index (χ0v) is 15.9. The number of carbonyl (C=O) groups is 2. The molecule has 0 aliphatic rings. The maximum Gasteiger partial charge on any atom is 0.413 e. The number of imidazole rings is 1. The van der Waals surface area contributed by atoms with Gasteiger partial charge in [-0.15, -0.1) is 0 Å². The highest BCUT2D eigenvalue weighted by molar-refractivity contribution is 7.99. The van der Waals surface area contributed by atoms with E-state index in [4.69, 9.17) is 4.74 Å². The van der Waals surface area contributed by atoms with Gasteiger partial charge in [-0.3, -0.25) is 10.1 Å². The Labute approximate surface area is 161 Å². The number of nitrogens with zero attached hydrogens (tertiary/aromatic N) is 2. The van der Waals surface area contributed by atoms with Gasteiger partial charge in [0.05, 0.1) is 23.4 Å². The molecule has 2 amide bonds. The van der Waals surface area contributed by atoms with Crippen molar-refractivity contribution in [1.29, 1.82) is 0 Å². The number of alkyl carbamates (subject to hydrolysis) is 1. The Morgan fingerprint density at radius 1 is 1.11 bits per heavy atom. The number of hydrogen-bond acceptors (Lipinski definition) is 5. The van der Waals surface area contributed by atoms with Crippen LogP contribution in [0.3, 0.4) is 0 Å². The Kier molecular flexibility index (Phi) is 6.49. The molecular weight excluding hydrogens is 362 g/mol. The predicted octanol–water partition coefficient (Wildman–Crippen LogP) is 3.64. The third-order valence-corrected chi connectivity index (χ3v) is 4.91. The van der Waals surface area contributed by atoms with Gasteiger partial charge >= 0.3 is 6.09 Å². The second-order valence-corrected chi connectivity index (χ2v) is 6.77. The van der Waals surface area contributed by atoms with Gasteiger partial charge in [0.25, 0.3) is 0 Å². The van der Waals surface area contributed by atoms with Gasteiger partial charge in [-0.25, -0.2) is 9.78 Å². The molecule has 1 heterocycles. The molecule has 3 aromatic rings. The number of para-hydroxylation sites is 2. The highest BCUT2D eigenvalue weighted by Crippen LogP contribution is 2.24. The van der Waals surface area contributed by atoms with E-state index in [2.05, 4.69) is 27.0 Å². The van der Waals surface area contributed by atoms with Gasteiger partial charge in [-0.2, -0.15) is 0 Å². The summed E-state index contributed by atoms with van der Waals surface area (Å²) in [6.07, 6.45) is 0.143. The average Bonchev–Trinajstić information content (AvgIpc) is 3.03. The van der Waals surface area contributed by atoms with Crippen molar-refractivity contribution < 1.29 is 14.3 Å². The molecule has 0 unspecified atom stereocenters. The zero-order chi connectivity index (χ0) is 19.1. The Balaban J connectivity index is 1.72. The predicted molar refractivity (Wildman–Crippen MR) is 106 cm³/mol. The molecule has 0 bridgehead atoms. The number of carbonyl (C=O) groups excluding carboxylic acids is 2. The topological polar surface area (TPSA) is 73.2 Å². The van der Waals surface area contributed by atoms with Gasteiger partial charge in [-0.1, -0.05) is 54.2 Å². The molecule has 1 aromatic heterocycles. The number of thioether (sulfide) groups is 1. The Morgan fingerprint density at radius 2 is 1.85 bits per heavy atom. The molecule has 6 nitrogen and oxygen atoms in total. The zero-order valence-electron chi connectivity index (χ0n) is 15.1. The first-order valence-electron chi connectivity index (χ1n) is 8.76. The molecule has 0 aliphatic carbocycles. The summed E-state index contributed by atoms with van der Waals surface area (Å²) in [6, 6.07) is 18.1. The largest absolute Gasteiger partial charge is 0.450 e. The number of nitrogens with one attached hydrogen (secondary N) is 1. The van der Waals surface area contributed by atoms with Gasteiger partial charge in [0.2, 0.25) is 5.91 Å². The third kappa shape index (κ3) is 5.10. The fourth-order valence-electron chi connectivity index (χ4n) is 2.71. The number of rotatable bonds is 7. The number of aromatic nitrogens is 2. The van der Waals surface area contributed by atoms with Gasteiger partial charge in [-0.05, 0) is 31.0 Å². The number of amides is 2. The summed E-state index contributed by atoms with van der Waals surface area (Å²) in [5, 5.41) is 2.96. The van der Waals surface area contributed by atoms with Crippen LogP contribution in [0.2, 0.25) is 0 Å². The molecule has 7 heteroatoms. The van der Waals surface area contributed by atoms with Gasteiger partial charge in [0.15, 0.2) is 5.16 Å². The number of benzene rings is 2. The van der Waals surface area contributed by atoms with Crippen molar-refractivity contribution >= 4 is 34.8 Å². The normalized spacial score (nSPS) is 10.7. The molecule has 0 spiro atoms. The van der Waals surface area contributed by atoms with E-state index in [1.54, 1.807) is 6.92 Å². The molecule has 27 heavy (non-hydrogen) atoms. The van der Waals surface area contributed by atoms with Gasteiger partial charge in [0.1, 0.15) is 0 Å². The maximum atomic E-state index is 11.9. The van der Waals surface area contributed by atoms with Crippen molar-refractivity contribution in [2.75, 3.05) is 12.4 Å². The van der Waals surface area contributed by atoms with Crippen LogP contribution >= 0.6 is 11.8 Å². The van der Waals surface area contributed by atoms with Crippen molar-refractivity contribution in [2.45, 2.75) is 25.0 Å². The van der Waals surface area contributed by atoms with E-state index < -0.39 is 12.0 Å². The summed E-state index contributed by atoms with van der Waals surface area (Å²) in [7, 11) is 0. The lowest BCUT2D eigenvalue weighted by Gasteiger charge is -2.09. The summed E-state index contributed by atoms with van der Waals surface area (Å²) in [5.74, 6) is -0.312. The smallest absolute Gasteiger partial charge is 0.413 e. The Bertz CT molecular complexity index is 925. The minimum absolute atomic E-state index is 0.0907. The van der Waals surface area contributed by atoms with Crippen LogP contribution in [-0.2, 0) is 22.5 Å². The van der Waals surface area contributed by atoms with Crippen molar-refractivity contribution in [2.24, 2.45) is 0 Å². The molecule has 0 radical (unpaired) electrons. The molecule has 2 aromatic carbocycles. The number of imide groups is 1. The maximum absolute atomic E-state index is 11.9. The Morgan fingerprint density at radius 3 is 2.63 bits per heavy atom. The molecule has 0 aliphatic heterocycles. The number of aryl methyl sites for hydroxylation is 2. The second kappa shape index (κ2) is 9.23. The van der Waals surface area contributed by atoms with Crippen LogP contribution in [0, 0.1) is 0 Å². The van der Waals surface area contributed by atoms with E-state index in [0.717, 1.165) is 29.2 Å². The first kappa shape index (κ1) is 19.0. The average molecular weight is 383 g/mol. The van der Waals surface area contributed by atoms with E-state index in [1.807, 2.05) is 42.5 Å². The van der Waals surface area contributed by atoms with E-state index >= 15 is 0 Å². The molecule has 0 atom stereocenters. The summed E-state index contributed by atoms with van der Waals surface area (Å²) < 4.78 is 6.84. The molecule has 0 fully saturated rings. The lowest BCUT2D eigenvalue weighted by Crippen LogP contribution is -2.32. The first-order chi connectivity index (χ1) is 13.2. The third-order valence-electron chi connectivity index (χ3n) is 3.94. The first-order valence-corrected chi connectivity index (χ1v) is 9.74. The molecule has 0 saturated heterocycles. The van der Waals surface area contributed by atoms with Crippen molar-refractivity contribution in [3.63, 3.8) is 0 Å². The Hall–Kier alpha value is -2.80. The van der Waals surface area contributed by atoms with Crippen LogP contribution < -0.4 is 5.32 Å². The van der Waals surface area contributed by atoms with E-state index in [1.165, 1.54) is 17.3 Å². The summed E-state index contributed by atoms with van der Waals surface area (Å²) in [5.41, 5.74) is 3.16. The molecule has 3 rings (SSSR count). The van der Waals surface area contributed by atoms with Crippen LogP contribution in [0.1, 0.15) is 12.5 Å². The lowest BCUT2D eigenvalue weighted by atomic mass is 10.1. The van der Waals surface area contributed by atoms with E-state index in [9.17, 15) is 9.59 Å². The van der Waals surface area contributed by atoms with Crippen LogP contribution in [0.15, 0.2) is 59.8 Å². The summed E-state index contributed by atoms with van der Waals surface area (Å²) >= 11 is 1.31. The SMILES string of the molecule is CCOC(=O)NC(=O)CSc1nc2ccccc2n1CCc1ccccc1. The number of ether oxygens (including phenoxy) is 1. The minimum Gasteiger partial charge on any atom is -0.450 e. The second-order valence-electron chi connectivity index (χ2n) is 5.83. The van der Waals surface area contributed by atoms with E-state index in [-0.39, 0.29) is 12.4 Å². The highest BCUT2D eigenvalue weighted by atomic mass is 32.2. The van der Waals surface area contributed by atoms with Crippen LogP contribution in [0.4, 0.5) is 4.79 Å². The highest BCUT2D eigenvalue weighted by Gasteiger charge is 2.14. The molecular formula is C20H21N3O3S. The summed E-state index contributed by atoms with van der Waals surface area (Å²) in [4.78, 5) is 27.9. The molecule has 0 saturated carbocycles. The van der Waals surface area contributed by atoms with Crippen LogP contribution in [0.5, 0.6) is 0 Å². The standard InChI is InChI=1S/C20H21N3O3S/c1-2-26-20(25)22-18(24)14-27-19-21-16-10-6-7-11-17(16)23(19)13-12-15-8-4-3-5-9-15/h3-11H,2,12-14H2,1H3,(H,22,24,25). The molecule has 1 N–H and O–H groups in total. The van der Waals surface area contributed by atoms with Crippen LogP contribution in [0.25, 0.3) is 11.0 Å².